The molecule has 2 aliphatic heterocycles. The molecule has 2 rings (SSSR count). The molecule has 30 heavy (non-hydrogen) atoms. The minimum Gasteiger partial charge on any atom is -0.396 e. The lowest BCUT2D eigenvalue weighted by Gasteiger charge is -2.22. The van der Waals surface area contributed by atoms with Gasteiger partial charge in [-0.25, -0.2) is 0 Å². The van der Waals surface area contributed by atoms with Crippen molar-refractivity contribution in [3.8, 4) is 0 Å². The summed E-state index contributed by atoms with van der Waals surface area (Å²) in [6.45, 7) is 8.70. The monoisotopic (exact) mass is 460 g/mol. The van der Waals surface area contributed by atoms with Gasteiger partial charge in [0.05, 0.1) is 10.5 Å². The quantitative estimate of drug-likeness (QED) is 0.421. The maximum absolute atomic E-state index is 12.9. The fourth-order valence-electron chi connectivity index (χ4n) is 4.55. The number of aliphatic hydroxyl groups is 2. The molecule has 0 spiro atoms. The molecule has 6 heteroatoms. The molecule has 2 N–H and O–H groups in total. The highest BCUT2D eigenvalue weighted by Gasteiger charge is 2.34. The lowest BCUT2D eigenvalue weighted by molar-refractivity contribution is 0.147. The molecular formula is C24H44O4S2. The molecule has 4 nitrogen and oxygen atoms in total. The molecule has 2 saturated heterocycles. The minimum absolute atomic E-state index is 0.0453. The van der Waals surface area contributed by atoms with Crippen molar-refractivity contribution in [2.75, 3.05) is 13.2 Å². The Morgan fingerprint density at radius 2 is 1.10 bits per heavy atom. The van der Waals surface area contributed by atoms with E-state index in [1.807, 2.05) is 0 Å². The Morgan fingerprint density at radius 3 is 1.43 bits per heavy atom. The van der Waals surface area contributed by atoms with Crippen LogP contribution in [0.5, 0.6) is 0 Å². The Kier molecular flexibility index (Phi) is 10.2. The smallest absolute Gasteiger partial charge is 0.0531 e. The van der Waals surface area contributed by atoms with Gasteiger partial charge in [-0.3, -0.25) is 8.42 Å². The first-order valence-electron chi connectivity index (χ1n) is 11.8. The van der Waals surface area contributed by atoms with Crippen LogP contribution >= 0.6 is 0 Å². The van der Waals surface area contributed by atoms with E-state index in [1.165, 1.54) is 0 Å². The van der Waals surface area contributed by atoms with Crippen molar-refractivity contribution in [1.82, 2.24) is 0 Å². The molecule has 0 aromatic carbocycles. The molecule has 2 fully saturated rings. The maximum atomic E-state index is 12.9. The molecule has 0 radical (unpaired) electrons. The second kappa shape index (κ2) is 11.7. The molecule has 2 heterocycles. The second-order valence-electron chi connectivity index (χ2n) is 10.9. The van der Waals surface area contributed by atoms with Crippen LogP contribution in [0.3, 0.4) is 0 Å². The standard InChI is InChI=1S/C24H44O4S2/c1-23(2,17-25)15-5-7-19-9-11-21(29(19)27)13-14-22-12-10-20(30(22)28)8-6-16-24(3,4)18-26/h13-14,19-22,25-26H,5-12,15-18H2,1-4H3/b14-13-. The topological polar surface area (TPSA) is 74.6 Å². The van der Waals surface area contributed by atoms with Gasteiger partial charge in [0, 0.05) is 45.3 Å². The minimum atomic E-state index is -0.837. The second-order valence-corrected chi connectivity index (χ2v) is 14.8. The number of rotatable bonds is 12. The largest absolute Gasteiger partial charge is 0.396 e. The zero-order valence-electron chi connectivity index (χ0n) is 19.5. The summed E-state index contributed by atoms with van der Waals surface area (Å²) in [6.07, 6.45) is 14.1. The van der Waals surface area contributed by atoms with E-state index in [4.69, 9.17) is 0 Å². The van der Waals surface area contributed by atoms with Crippen molar-refractivity contribution in [3.05, 3.63) is 12.2 Å². The summed E-state index contributed by atoms with van der Waals surface area (Å²) in [5, 5.41) is 19.5. The molecule has 0 aliphatic carbocycles. The van der Waals surface area contributed by atoms with E-state index in [1.54, 1.807) is 0 Å². The summed E-state index contributed by atoms with van der Waals surface area (Å²) in [6, 6.07) is 0. The summed E-state index contributed by atoms with van der Waals surface area (Å²) in [5.74, 6) is 0. The van der Waals surface area contributed by atoms with Crippen molar-refractivity contribution in [1.29, 1.82) is 0 Å². The van der Waals surface area contributed by atoms with Crippen molar-refractivity contribution in [2.24, 2.45) is 10.8 Å². The molecule has 176 valence electrons. The Hall–Kier alpha value is -0.0400. The SMILES string of the molecule is CC(C)(CO)CCCC1CCC(/C=C\C2CCC(CCCC(C)(C)CO)S2=O)S1=O. The van der Waals surface area contributed by atoms with Gasteiger partial charge < -0.3 is 10.2 Å². The van der Waals surface area contributed by atoms with Gasteiger partial charge in [-0.1, -0.05) is 52.7 Å². The van der Waals surface area contributed by atoms with Crippen molar-refractivity contribution >= 4 is 21.6 Å². The van der Waals surface area contributed by atoms with Crippen molar-refractivity contribution in [2.45, 2.75) is 113 Å². The van der Waals surface area contributed by atoms with Gasteiger partial charge >= 0.3 is 0 Å². The zero-order valence-corrected chi connectivity index (χ0v) is 21.1. The third-order valence-corrected chi connectivity index (χ3v) is 11.2. The molecule has 6 unspecified atom stereocenters. The lowest BCUT2D eigenvalue weighted by Crippen LogP contribution is -2.19. The van der Waals surface area contributed by atoms with Crippen molar-refractivity contribution in [3.63, 3.8) is 0 Å². The first-order chi connectivity index (χ1) is 14.1. The molecule has 2 aliphatic rings. The average molecular weight is 461 g/mol. The van der Waals surface area contributed by atoms with Crippen molar-refractivity contribution < 1.29 is 18.6 Å². The molecule has 0 bridgehead atoms. The highest BCUT2D eigenvalue weighted by Crippen LogP contribution is 2.33. The van der Waals surface area contributed by atoms with Gasteiger partial charge in [-0.05, 0) is 62.2 Å². The lowest BCUT2D eigenvalue weighted by atomic mass is 9.88. The normalized spacial score (nSPS) is 33.0. The Morgan fingerprint density at radius 1 is 0.733 bits per heavy atom. The van der Waals surface area contributed by atoms with Crippen LogP contribution in [-0.2, 0) is 21.6 Å². The first-order valence-corrected chi connectivity index (χ1v) is 14.3. The summed E-state index contributed by atoms with van der Waals surface area (Å²) >= 11 is 0. The zero-order chi connectivity index (χ0) is 22.4. The van der Waals surface area contributed by atoms with Crippen LogP contribution in [-0.4, -0.2) is 52.8 Å². The van der Waals surface area contributed by atoms with Gasteiger partial charge in [0.2, 0.25) is 0 Å². The van der Waals surface area contributed by atoms with Gasteiger partial charge in [0.1, 0.15) is 0 Å². The Labute approximate surface area is 189 Å². The predicted molar refractivity (Wildman–Crippen MR) is 128 cm³/mol. The van der Waals surface area contributed by atoms with Gasteiger partial charge in [-0.15, -0.1) is 0 Å². The summed E-state index contributed by atoms with van der Waals surface area (Å²) in [7, 11) is -1.67. The Bertz CT molecular complexity index is 562. The maximum Gasteiger partial charge on any atom is 0.0531 e. The Balaban J connectivity index is 1.75. The van der Waals surface area contributed by atoms with E-state index in [9.17, 15) is 18.6 Å². The van der Waals surface area contributed by atoms with Crippen LogP contribution in [0.2, 0.25) is 0 Å². The van der Waals surface area contributed by atoms with E-state index in [-0.39, 0.29) is 45.0 Å². The summed E-state index contributed by atoms with van der Waals surface area (Å²) < 4.78 is 25.7. The average Bonchev–Trinajstić information content (AvgIpc) is 3.23. The number of hydrogen-bond acceptors (Lipinski definition) is 4. The fourth-order valence-corrected chi connectivity index (χ4v) is 8.30. The third kappa shape index (κ3) is 7.83. The van der Waals surface area contributed by atoms with Crippen LogP contribution in [0.25, 0.3) is 0 Å². The molecule has 6 atom stereocenters. The van der Waals surface area contributed by atoms with Crippen LogP contribution in [0.15, 0.2) is 12.2 Å². The summed E-state index contributed by atoms with van der Waals surface area (Å²) in [5.41, 5.74) is -0.0906. The molecule has 0 amide bonds. The highest BCUT2D eigenvalue weighted by molar-refractivity contribution is 7.87. The van der Waals surface area contributed by atoms with Crippen LogP contribution in [0.1, 0.15) is 91.9 Å². The van der Waals surface area contributed by atoms with Crippen LogP contribution in [0.4, 0.5) is 0 Å². The van der Waals surface area contributed by atoms with Crippen LogP contribution < -0.4 is 0 Å². The molecule has 0 saturated carbocycles. The van der Waals surface area contributed by atoms with Gasteiger partial charge in [-0.2, -0.15) is 0 Å². The van der Waals surface area contributed by atoms with E-state index in [0.29, 0.717) is 0 Å². The van der Waals surface area contributed by atoms with E-state index >= 15 is 0 Å². The van der Waals surface area contributed by atoms with Crippen LogP contribution in [0, 0.1) is 10.8 Å². The number of hydrogen-bond donors (Lipinski definition) is 2. The fraction of sp³-hybridized carbons (Fsp3) is 0.917. The molecule has 0 aromatic heterocycles. The third-order valence-electron chi connectivity index (χ3n) is 6.96. The number of aliphatic hydroxyl groups excluding tert-OH is 2. The van der Waals surface area contributed by atoms with Gasteiger partial charge in [0.25, 0.3) is 0 Å². The molecule has 0 aromatic rings. The highest BCUT2D eigenvalue weighted by atomic mass is 32.2. The predicted octanol–water partition coefficient (Wildman–Crippen LogP) is 4.48. The van der Waals surface area contributed by atoms with Gasteiger partial charge in [0.15, 0.2) is 0 Å². The van der Waals surface area contributed by atoms with E-state index in [0.717, 1.165) is 64.2 Å². The first kappa shape index (κ1) is 26.2. The van der Waals surface area contributed by atoms with E-state index < -0.39 is 21.6 Å². The summed E-state index contributed by atoms with van der Waals surface area (Å²) in [4.78, 5) is 0. The molecular weight excluding hydrogens is 416 g/mol. The van der Waals surface area contributed by atoms with E-state index in [2.05, 4.69) is 39.8 Å².